The van der Waals surface area contributed by atoms with Crippen molar-refractivity contribution in [3.8, 4) is 0 Å². The van der Waals surface area contributed by atoms with Gasteiger partial charge < -0.3 is 20.2 Å². The Balaban J connectivity index is 2.21. The highest BCUT2D eigenvalue weighted by molar-refractivity contribution is 6.04. The van der Waals surface area contributed by atoms with Gasteiger partial charge >= 0.3 is 5.97 Å². The SMILES string of the molecule is O=C(O)CCNC(=O)/C(=C/c1ccc([N+](=O)[O-])cc1)NC(=O)c1ccco1. The van der Waals surface area contributed by atoms with Gasteiger partial charge in [0.25, 0.3) is 17.5 Å². The zero-order valence-corrected chi connectivity index (χ0v) is 13.9. The number of rotatable bonds is 8. The van der Waals surface area contributed by atoms with E-state index in [2.05, 4.69) is 10.6 Å². The topological polar surface area (TPSA) is 152 Å². The molecule has 0 atom stereocenters. The first-order chi connectivity index (χ1) is 12.9. The number of carbonyl (C=O) groups excluding carboxylic acids is 2. The normalized spacial score (nSPS) is 10.9. The van der Waals surface area contributed by atoms with Gasteiger partial charge in [-0.15, -0.1) is 0 Å². The minimum atomic E-state index is -1.09. The molecule has 1 aromatic carbocycles. The number of nitro groups is 1. The number of furan rings is 1. The zero-order chi connectivity index (χ0) is 19.8. The first-order valence-electron chi connectivity index (χ1n) is 7.68. The number of amides is 2. The van der Waals surface area contributed by atoms with Crippen LogP contribution >= 0.6 is 0 Å². The molecule has 2 aromatic rings. The average Bonchev–Trinajstić information content (AvgIpc) is 3.16. The molecule has 140 valence electrons. The van der Waals surface area contributed by atoms with Gasteiger partial charge in [-0.1, -0.05) is 0 Å². The van der Waals surface area contributed by atoms with Crippen LogP contribution in [-0.2, 0) is 9.59 Å². The minimum absolute atomic E-state index is 0.0251. The fourth-order valence-electron chi connectivity index (χ4n) is 1.99. The van der Waals surface area contributed by atoms with Gasteiger partial charge in [-0.3, -0.25) is 24.5 Å². The fraction of sp³-hybridized carbons (Fsp3) is 0.118. The Morgan fingerprint density at radius 1 is 1.19 bits per heavy atom. The molecule has 0 aliphatic carbocycles. The van der Waals surface area contributed by atoms with Crippen LogP contribution in [0.25, 0.3) is 6.08 Å². The summed E-state index contributed by atoms with van der Waals surface area (Å²) in [5.74, 6) is -2.50. The molecule has 1 aromatic heterocycles. The lowest BCUT2D eigenvalue weighted by molar-refractivity contribution is -0.384. The zero-order valence-electron chi connectivity index (χ0n) is 13.9. The summed E-state index contributed by atoms with van der Waals surface area (Å²) in [6.07, 6.45) is 2.31. The van der Waals surface area contributed by atoms with Gasteiger partial charge in [0.1, 0.15) is 5.70 Å². The highest BCUT2D eigenvalue weighted by atomic mass is 16.6. The predicted octanol–water partition coefficient (Wildman–Crippen LogP) is 1.55. The molecule has 1 heterocycles. The maximum absolute atomic E-state index is 12.3. The van der Waals surface area contributed by atoms with Crippen molar-refractivity contribution in [2.75, 3.05) is 6.54 Å². The molecule has 0 saturated carbocycles. The summed E-state index contributed by atoms with van der Waals surface area (Å²) >= 11 is 0. The number of benzene rings is 1. The summed E-state index contributed by atoms with van der Waals surface area (Å²) in [5, 5.41) is 24.1. The van der Waals surface area contributed by atoms with Crippen LogP contribution in [0.2, 0.25) is 0 Å². The van der Waals surface area contributed by atoms with Gasteiger partial charge in [-0.25, -0.2) is 0 Å². The van der Waals surface area contributed by atoms with Crippen molar-refractivity contribution in [1.82, 2.24) is 10.6 Å². The largest absolute Gasteiger partial charge is 0.481 e. The molecular weight excluding hydrogens is 358 g/mol. The monoisotopic (exact) mass is 373 g/mol. The van der Waals surface area contributed by atoms with Crippen LogP contribution in [0.3, 0.4) is 0 Å². The Labute approximate surface area is 152 Å². The molecule has 2 rings (SSSR count). The highest BCUT2D eigenvalue weighted by Gasteiger charge is 2.16. The van der Waals surface area contributed by atoms with Crippen LogP contribution in [0.4, 0.5) is 5.69 Å². The van der Waals surface area contributed by atoms with Crippen molar-refractivity contribution in [3.63, 3.8) is 0 Å². The van der Waals surface area contributed by atoms with E-state index in [0.717, 1.165) is 0 Å². The van der Waals surface area contributed by atoms with E-state index in [1.807, 2.05) is 0 Å². The van der Waals surface area contributed by atoms with Crippen molar-refractivity contribution in [2.24, 2.45) is 0 Å². The molecule has 10 nitrogen and oxygen atoms in total. The molecule has 0 saturated heterocycles. The highest BCUT2D eigenvalue weighted by Crippen LogP contribution is 2.14. The van der Waals surface area contributed by atoms with Gasteiger partial charge in [0.05, 0.1) is 17.6 Å². The van der Waals surface area contributed by atoms with E-state index in [0.29, 0.717) is 5.56 Å². The third-order valence-corrected chi connectivity index (χ3v) is 3.28. The van der Waals surface area contributed by atoms with Crippen LogP contribution in [-0.4, -0.2) is 34.4 Å². The van der Waals surface area contributed by atoms with Gasteiger partial charge in [0, 0.05) is 18.7 Å². The van der Waals surface area contributed by atoms with Gasteiger partial charge in [-0.05, 0) is 35.9 Å². The number of hydrogen-bond donors (Lipinski definition) is 3. The number of hydrogen-bond acceptors (Lipinski definition) is 6. The Kier molecular flexibility index (Phi) is 6.42. The molecule has 0 radical (unpaired) electrons. The Morgan fingerprint density at radius 2 is 1.89 bits per heavy atom. The lowest BCUT2D eigenvalue weighted by Crippen LogP contribution is -2.35. The molecule has 0 unspecified atom stereocenters. The summed E-state index contributed by atoms with van der Waals surface area (Å²) in [4.78, 5) is 45.1. The number of nitrogens with one attached hydrogen (secondary N) is 2. The number of aliphatic carboxylic acids is 1. The van der Waals surface area contributed by atoms with Crippen LogP contribution in [0.1, 0.15) is 22.5 Å². The van der Waals surface area contributed by atoms with Crippen LogP contribution < -0.4 is 10.6 Å². The van der Waals surface area contributed by atoms with E-state index < -0.39 is 22.7 Å². The van der Waals surface area contributed by atoms with Crippen LogP contribution in [0, 0.1) is 10.1 Å². The average molecular weight is 373 g/mol. The standard InChI is InChI=1S/C17H15N3O7/c21-15(22)7-8-18-16(23)13(19-17(24)14-2-1-9-27-14)10-11-3-5-12(6-4-11)20(25)26/h1-6,9-10H,7-8H2,(H,18,23)(H,19,24)(H,21,22)/b13-10-. The number of nitrogens with zero attached hydrogens (tertiary/aromatic N) is 1. The Hall–Kier alpha value is -3.95. The first-order valence-corrected chi connectivity index (χ1v) is 7.68. The smallest absolute Gasteiger partial charge is 0.305 e. The predicted molar refractivity (Wildman–Crippen MR) is 92.5 cm³/mol. The van der Waals surface area contributed by atoms with Crippen LogP contribution in [0.5, 0.6) is 0 Å². The second-order valence-electron chi connectivity index (χ2n) is 5.24. The molecule has 0 aliphatic heterocycles. The molecule has 10 heteroatoms. The number of nitro benzene ring substituents is 1. The quantitative estimate of drug-likeness (QED) is 0.360. The summed E-state index contributed by atoms with van der Waals surface area (Å²) in [6, 6.07) is 8.21. The van der Waals surface area contributed by atoms with E-state index in [-0.39, 0.29) is 30.1 Å². The van der Waals surface area contributed by atoms with E-state index in [1.54, 1.807) is 0 Å². The van der Waals surface area contributed by atoms with Crippen molar-refractivity contribution < 1.29 is 28.8 Å². The number of carboxylic acids is 1. The number of non-ortho nitro benzene ring substituents is 1. The maximum Gasteiger partial charge on any atom is 0.305 e. The molecule has 0 fully saturated rings. The van der Waals surface area contributed by atoms with E-state index in [4.69, 9.17) is 9.52 Å². The molecule has 0 bridgehead atoms. The van der Waals surface area contributed by atoms with E-state index in [1.165, 1.54) is 48.7 Å². The summed E-state index contributed by atoms with van der Waals surface area (Å²) in [7, 11) is 0. The molecule has 27 heavy (non-hydrogen) atoms. The summed E-state index contributed by atoms with van der Waals surface area (Å²) < 4.78 is 4.96. The van der Waals surface area contributed by atoms with Crippen molar-refractivity contribution in [1.29, 1.82) is 0 Å². The third-order valence-electron chi connectivity index (χ3n) is 3.28. The van der Waals surface area contributed by atoms with E-state index in [9.17, 15) is 24.5 Å². The number of carbonyl (C=O) groups is 3. The van der Waals surface area contributed by atoms with Gasteiger partial charge in [0.15, 0.2) is 5.76 Å². The van der Waals surface area contributed by atoms with Crippen molar-refractivity contribution in [3.05, 3.63) is 69.8 Å². The lowest BCUT2D eigenvalue weighted by Gasteiger charge is -2.09. The van der Waals surface area contributed by atoms with Crippen molar-refractivity contribution in [2.45, 2.75) is 6.42 Å². The maximum atomic E-state index is 12.3. The molecular formula is C17H15N3O7. The number of carboxylic acid groups (broad SMARTS) is 1. The molecule has 0 spiro atoms. The van der Waals surface area contributed by atoms with E-state index >= 15 is 0 Å². The summed E-state index contributed by atoms with van der Waals surface area (Å²) in [5.41, 5.74) is 0.124. The molecule has 0 aliphatic rings. The van der Waals surface area contributed by atoms with Crippen molar-refractivity contribution >= 4 is 29.5 Å². The van der Waals surface area contributed by atoms with Crippen LogP contribution in [0.15, 0.2) is 52.8 Å². The fourth-order valence-corrected chi connectivity index (χ4v) is 1.99. The summed E-state index contributed by atoms with van der Waals surface area (Å²) in [6.45, 7) is -0.137. The lowest BCUT2D eigenvalue weighted by atomic mass is 10.1. The minimum Gasteiger partial charge on any atom is -0.481 e. The first kappa shape index (κ1) is 19.4. The second kappa shape index (κ2) is 8.94. The van der Waals surface area contributed by atoms with Gasteiger partial charge in [0.2, 0.25) is 0 Å². The third kappa shape index (κ3) is 5.81. The Morgan fingerprint density at radius 3 is 2.44 bits per heavy atom. The van der Waals surface area contributed by atoms with Gasteiger partial charge in [-0.2, -0.15) is 0 Å². The Bertz CT molecular complexity index is 870. The molecule has 3 N–H and O–H groups in total. The molecule has 2 amide bonds. The second-order valence-corrected chi connectivity index (χ2v) is 5.24.